The Kier molecular flexibility index (Phi) is 9.27. The molecule has 231 valence electrons. The number of rotatable bonds is 4. The number of aromatic nitrogens is 4. The molecule has 0 aliphatic heterocycles. The monoisotopic (exact) mass is 787 g/mol. The van der Waals surface area contributed by atoms with E-state index in [0.717, 1.165) is 62.0 Å². The first kappa shape index (κ1) is 32.5. The second-order valence-corrected chi connectivity index (χ2v) is 18.6. The molecule has 5 nitrogen and oxygen atoms in total. The number of benzene rings is 3. The molecule has 0 bridgehead atoms. The van der Waals surface area contributed by atoms with Crippen LogP contribution in [0.5, 0.6) is 0 Å². The Morgan fingerprint density at radius 1 is 0.889 bits per heavy atom. The Morgan fingerprint density at radius 3 is 2.38 bits per heavy atom. The first-order valence-electron chi connectivity index (χ1n) is 15.0. The van der Waals surface area contributed by atoms with Gasteiger partial charge in [-0.05, 0) is 34.8 Å². The normalized spacial score (nSPS) is 11.8. The number of pyridine rings is 2. The summed E-state index contributed by atoms with van der Waals surface area (Å²) in [7, 11) is 0.614. The maximum absolute atomic E-state index is 6.09. The molecule has 0 fully saturated rings. The van der Waals surface area contributed by atoms with E-state index >= 15 is 0 Å². The molecular weight excluding hydrogens is 749 g/mol. The van der Waals surface area contributed by atoms with Gasteiger partial charge in [-0.25, -0.2) is 0 Å². The average molecular weight is 787 g/mol. The zero-order valence-corrected chi connectivity index (χ0v) is 30.3. The van der Waals surface area contributed by atoms with Gasteiger partial charge in [-0.2, -0.15) is 0 Å². The SMILES string of the molecule is CC(C)(C)Cc1cc(-c2[c-]cccc2)ncc1[Si](C)(C)C.Cn1c(-c2[c-]ccc3c2oc2ccccc23)nc2ccncc21.[Ir]. The van der Waals surface area contributed by atoms with Crippen LogP contribution in [-0.4, -0.2) is 27.6 Å². The van der Waals surface area contributed by atoms with Crippen molar-refractivity contribution in [1.29, 1.82) is 0 Å². The molecule has 0 N–H and O–H groups in total. The molecule has 45 heavy (non-hydrogen) atoms. The molecule has 0 aliphatic rings. The maximum atomic E-state index is 6.09. The Morgan fingerprint density at radius 2 is 1.67 bits per heavy atom. The molecule has 0 unspecified atom stereocenters. The van der Waals surface area contributed by atoms with Crippen LogP contribution in [-0.2, 0) is 33.6 Å². The molecule has 0 atom stereocenters. The quantitative estimate of drug-likeness (QED) is 0.132. The van der Waals surface area contributed by atoms with Crippen LogP contribution in [0.25, 0.3) is 55.6 Å². The number of para-hydroxylation sites is 1. The molecule has 4 heterocycles. The average Bonchev–Trinajstić information content (AvgIpc) is 3.54. The van der Waals surface area contributed by atoms with E-state index in [1.54, 1.807) is 6.20 Å². The van der Waals surface area contributed by atoms with Gasteiger partial charge in [-0.3, -0.25) is 9.97 Å². The minimum atomic E-state index is -1.37. The third kappa shape index (κ3) is 6.86. The molecular formula is C38H38IrN4OSi-2. The van der Waals surface area contributed by atoms with Crippen LogP contribution in [0.3, 0.4) is 0 Å². The summed E-state index contributed by atoms with van der Waals surface area (Å²) in [6.07, 6.45) is 6.79. The van der Waals surface area contributed by atoms with Crippen LogP contribution in [0.4, 0.5) is 0 Å². The number of fused-ring (bicyclic) bond motifs is 4. The summed E-state index contributed by atoms with van der Waals surface area (Å²) in [5.41, 5.74) is 8.34. The summed E-state index contributed by atoms with van der Waals surface area (Å²) >= 11 is 0. The second kappa shape index (κ2) is 12.8. The topological polar surface area (TPSA) is 56.7 Å². The van der Waals surface area contributed by atoms with Gasteiger partial charge in [-0.15, -0.1) is 54.1 Å². The third-order valence-corrected chi connectivity index (χ3v) is 9.82. The number of aryl methyl sites for hydroxylation is 1. The molecule has 7 rings (SSSR count). The van der Waals surface area contributed by atoms with Crippen molar-refractivity contribution in [2.24, 2.45) is 12.5 Å². The van der Waals surface area contributed by atoms with Crippen LogP contribution in [0.15, 0.2) is 95.8 Å². The smallest absolute Gasteiger partial charge is 0.120 e. The first-order chi connectivity index (χ1) is 21.0. The summed E-state index contributed by atoms with van der Waals surface area (Å²) in [4.78, 5) is 13.6. The van der Waals surface area contributed by atoms with Crippen LogP contribution >= 0.6 is 0 Å². The molecule has 3 aromatic carbocycles. The summed E-state index contributed by atoms with van der Waals surface area (Å²) in [5, 5.41) is 3.68. The van der Waals surface area contributed by atoms with Crippen molar-refractivity contribution in [3.05, 3.63) is 109 Å². The fourth-order valence-corrected chi connectivity index (χ4v) is 7.28. The molecule has 7 heteroatoms. The standard InChI is InChI=1S/C19H12N3O.C19H26NSi.Ir/c1-22-16-11-20-10-9-15(16)21-19(22)14-7-4-6-13-12-5-2-3-8-17(12)23-18(13)14;1-19(2,3)13-16-12-17(15-10-8-7-9-11-15)20-14-18(16)21(4,5)6;/h2-6,8-11H,1H3;7-10,12,14H,13H2,1-6H3;/q2*-1;. The Bertz CT molecular complexity index is 2090. The molecule has 4 aromatic heterocycles. The zero-order valence-electron chi connectivity index (χ0n) is 26.9. The van der Waals surface area contributed by atoms with Gasteiger partial charge in [0.1, 0.15) is 5.58 Å². The number of hydrogen-bond acceptors (Lipinski definition) is 4. The van der Waals surface area contributed by atoms with Crippen LogP contribution in [0.2, 0.25) is 19.6 Å². The van der Waals surface area contributed by atoms with Crippen molar-refractivity contribution in [3.8, 4) is 22.6 Å². The number of furan rings is 1. The van der Waals surface area contributed by atoms with Crippen molar-refractivity contribution >= 4 is 46.2 Å². The van der Waals surface area contributed by atoms with E-state index in [-0.39, 0.29) is 25.5 Å². The maximum Gasteiger partial charge on any atom is 0.120 e. The van der Waals surface area contributed by atoms with E-state index in [1.807, 2.05) is 72.4 Å². The molecule has 0 saturated carbocycles. The van der Waals surface area contributed by atoms with Gasteiger partial charge in [0.05, 0.1) is 36.7 Å². The number of nitrogens with zero attached hydrogens (tertiary/aromatic N) is 4. The van der Waals surface area contributed by atoms with Crippen molar-refractivity contribution in [2.75, 3.05) is 0 Å². The number of imidazole rings is 1. The predicted molar refractivity (Wildman–Crippen MR) is 185 cm³/mol. The molecule has 1 radical (unpaired) electrons. The first-order valence-corrected chi connectivity index (χ1v) is 18.5. The minimum Gasteiger partial charge on any atom is -0.501 e. The summed E-state index contributed by atoms with van der Waals surface area (Å²) in [5.74, 6) is 0.831. The number of hydrogen-bond donors (Lipinski definition) is 0. The zero-order chi connectivity index (χ0) is 31.1. The van der Waals surface area contributed by atoms with E-state index in [2.05, 4.69) is 81.9 Å². The molecule has 0 amide bonds. The van der Waals surface area contributed by atoms with Crippen molar-refractivity contribution in [3.63, 3.8) is 0 Å². The van der Waals surface area contributed by atoms with Crippen molar-refractivity contribution in [1.82, 2.24) is 19.5 Å². The molecule has 0 spiro atoms. The Labute approximate surface area is 280 Å². The summed E-state index contributed by atoms with van der Waals surface area (Å²) in [6.45, 7) is 14.1. The van der Waals surface area contributed by atoms with Gasteiger partial charge in [0.15, 0.2) is 0 Å². The van der Waals surface area contributed by atoms with E-state index < -0.39 is 8.07 Å². The summed E-state index contributed by atoms with van der Waals surface area (Å²) < 4.78 is 8.12. The second-order valence-electron chi connectivity index (χ2n) is 13.5. The van der Waals surface area contributed by atoms with E-state index in [4.69, 9.17) is 14.4 Å². The van der Waals surface area contributed by atoms with Gasteiger partial charge < -0.3 is 14.0 Å². The molecule has 0 saturated heterocycles. The van der Waals surface area contributed by atoms with Crippen LogP contribution < -0.4 is 5.19 Å². The van der Waals surface area contributed by atoms with Gasteiger partial charge in [0, 0.05) is 44.9 Å². The fourth-order valence-electron chi connectivity index (χ4n) is 5.71. The van der Waals surface area contributed by atoms with Gasteiger partial charge in [0.2, 0.25) is 0 Å². The Balaban J connectivity index is 0.000000175. The Hall–Kier alpha value is -3.90. The van der Waals surface area contributed by atoms with Gasteiger partial charge >= 0.3 is 0 Å². The molecule has 7 aromatic rings. The van der Waals surface area contributed by atoms with E-state index in [1.165, 1.54) is 10.8 Å². The van der Waals surface area contributed by atoms with Crippen LogP contribution in [0.1, 0.15) is 26.3 Å². The summed E-state index contributed by atoms with van der Waals surface area (Å²) in [6, 6.07) is 30.9. The van der Waals surface area contributed by atoms with Gasteiger partial charge in [0.25, 0.3) is 0 Å². The van der Waals surface area contributed by atoms with E-state index in [0.29, 0.717) is 0 Å². The van der Waals surface area contributed by atoms with Crippen molar-refractivity contribution < 1.29 is 24.5 Å². The minimum absolute atomic E-state index is 0. The third-order valence-electron chi connectivity index (χ3n) is 7.75. The fraction of sp³-hybridized carbons (Fsp3) is 0.237. The largest absolute Gasteiger partial charge is 0.501 e. The van der Waals surface area contributed by atoms with Crippen LogP contribution in [0, 0.1) is 17.5 Å². The molecule has 0 aliphatic carbocycles. The van der Waals surface area contributed by atoms with E-state index in [9.17, 15) is 0 Å². The van der Waals surface area contributed by atoms with Crippen molar-refractivity contribution in [2.45, 2.75) is 46.8 Å². The predicted octanol–water partition coefficient (Wildman–Crippen LogP) is 9.01. The van der Waals surface area contributed by atoms with Gasteiger partial charge in [-0.1, -0.05) is 81.2 Å².